The molecule has 1 heterocycles. The molecule has 0 unspecified atom stereocenters. The lowest BCUT2D eigenvalue weighted by Gasteiger charge is -2.29. The van der Waals surface area contributed by atoms with Crippen molar-refractivity contribution in [2.24, 2.45) is 0 Å². The van der Waals surface area contributed by atoms with Gasteiger partial charge in [0, 0.05) is 33.0 Å². The molecule has 0 aliphatic heterocycles. The third kappa shape index (κ3) is 6.14. The van der Waals surface area contributed by atoms with Gasteiger partial charge in [-0.2, -0.15) is 0 Å². The molecule has 0 saturated heterocycles. The molecule has 2 nitrogen and oxygen atoms in total. The maximum atomic E-state index is 2.43. The fourth-order valence-electron chi connectivity index (χ4n) is 9.04. The van der Waals surface area contributed by atoms with Crippen LogP contribution in [0.2, 0.25) is 0 Å². The highest BCUT2D eigenvalue weighted by Gasteiger charge is 2.21. The summed E-state index contributed by atoms with van der Waals surface area (Å²) in [5, 5.41) is 4.94. The van der Waals surface area contributed by atoms with Crippen LogP contribution in [-0.4, -0.2) is 4.57 Å². The van der Waals surface area contributed by atoms with Gasteiger partial charge in [-0.25, -0.2) is 0 Å². The molecule has 0 amide bonds. The van der Waals surface area contributed by atoms with E-state index < -0.39 is 0 Å². The number of rotatable bonds is 8. The van der Waals surface area contributed by atoms with Crippen LogP contribution in [0.25, 0.3) is 82.8 Å². The number of hydrogen-bond donors (Lipinski definition) is 0. The number of para-hydroxylation sites is 4. The number of aromatic nitrogens is 1. The Morgan fingerprint density at radius 2 is 0.733 bits per heavy atom. The smallest absolute Gasteiger partial charge is 0.0541 e. The van der Waals surface area contributed by atoms with Crippen LogP contribution in [0.4, 0.5) is 17.1 Å². The summed E-state index contributed by atoms with van der Waals surface area (Å²) >= 11 is 0. The van der Waals surface area contributed by atoms with E-state index in [9.17, 15) is 0 Å². The summed E-state index contributed by atoms with van der Waals surface area (Å²) in [5.41, 5.74) is 16.4. The van der Waals surface area contributed by atoms with Crippen LogP contribution in [0.1, 0.15) is 0 Å². The maximum absolute atomic E-state index is 2.43. The van der Waals surface area contributed by atoms with Gasteiger partial charge < -0.3 is 9.47 Å². The van der Waals surface area contributed by atoms with Crippen molar-refractivity contribution in [3.8, 4) is 50.2 Å². The Hall–Kier alpha value is -7.94. The number of fused-ring (bicyclic) bond motifs is 4. The first-order valence-corrected chi connectivity index (χ1v) is 20.6. The average Bonchev–Trinajstić information content (AvgIpc) is 3.67. The molecule has 11 aromatic rings. The molecule has 1 aromatic heterocycles. The summed E-state index contributed by atoms with van der Waals surface area (Å²) in [6.45, 7) is 0. The second kappa shape index (κ2) is 15.1. The first kappa shape index (κ1) is 35.2. The van der Waals surface area contributed by atoms with Crippen molar-refractivity contribution in [2.75, 3.05) is 4.90 Å². The van der Waals surface area contributed by atoms with Crippen LogP contribution in [0.15, 0.2) is 243 Å². The third-order valence-electron chi connectivity index (χ3n) is 11.8. The van der Waals surface area contributed by atoms with Gasteiger partial charge in [-0.05, 0) is 81.2 Å². The van der Waals surface area contributed by atoms with Crippen molar-refractivity contribution >= 4 is 49.6 Å². The van der Waals surface area contributed by atoms with Crippen LogP contribution in [0.3, 0.4) is 0 Å². The molecule has 0 aliphatic carbocycles. The van der Waals surface area contributed by atoms with Gasteiger partial charge in [-0.3, -0.25) is 0 Å². The SMILES string of the molecule is c1ccc(-c2ccccc2-c2ccccc2N(c2ccc(-c3ccc(-c4ccccc4-n4c5ccccc5c5ccccc54)cc3)cc2)c2cccc3ccccc23)cc1. The van der Waals surface area contributed by atoms with Crippen molar-refractivity contribution in [1.29, 1.82) is 0 Å². The average molecular weight is 765 g/mol. The lowest BCUT2D eigenvalue weighted by Crippen LogP contribution is -2.12. The monoisotopic (exact) mass is 764 g/mol. The van der Waals surface area contributed by atoms with E-state index >= 15 is 0 Å². The molecule has 0 radical (unpaired) electrons. The quantitative estimate of drug-likeness (QED) is 0.150. The van der Waals surface area contributed by atoms with Gasteiger partial charge in [0.1, 0.15) is 0 Å². The first-order chi connectivity index (χ1) is 29.8. The Balaban J connectivity index is 0.992. The largest absolute Gasteiger partial charge is 0.309 e. The standard InChI is InChI=1S/C58H40N2/c1-2-17-43(18-3-1)47-21-6-7-24-50(47)51-25-9-13-29-56(51)59(54-32-16-20-44-19-4-5-22-48(44)54)46-39-37-42(38-40-46)41-33-35-45(36-34-41)49-23-8-12-28-55(49)60-57-30-14-10-26-52(57)53-27-11-15-31-58(53)60/h1-40H. The zero-order valence-electron chi connectivity index (χ0n) is 33.0. The van der Waals surface area contributed by atoms with Crippen LogP contribution < -0.4 is 4.90 Å². The molecule has 0 spiro atoms. The summed E-state index contributed by atoms with van der Waals surface area (Å²) in [5.74, 6) is 0. The molecule has 11 rings (SSSR count). The molecular weight excluding hydrogens is 725 g/mol. The van der Waals surface area contributed by atoms with Gasteiger partial charge in [0.05, 0.1) is 28.1 Å². The predicted molar refractivity (Wildman–Crippen MR) is 255 cm³/mol. The number of hydrogen-bond acceptors (Lipinski definition) is 1. The molecule has 2 heteroatoms. The molecule has 60 heavy (non-hydrogen) atoms. The zero-order valence-corrected chi connectivity index (χ0v) is 33.0. The topological polar surface area (TPSA) is 8.17 Å². The summed E-state index contributed by atoms with van der Waals surface area (Å²) in [6.07, 6.45) is 0. The second-order valence-electron chi connectivity index (χ2n) is 15.3. The van der Waals surface area contributed by atoms with Gasteiger partial charge in [-0.15, -0.1) is 0 Å². The van der Waals surface area contributed by atoms with E-state index in [-0.39, 0.29) is 0 Å². The number of anilines is 3. The van der Waals surface area contributed by atoms with E-state index in [2.05, 4.69) is 252 Å². The van der Waals surface area contributed by atoms with Crippen molar-refractivity contribution in [2.45, 2.75) is 0 Å². The summed E-state index contributed by atoms with van der Waals surface area (Å²) in [7, 11) is 0. The first-order valence-electron chi connectivity index (χ1n) is 20.6. The van der Waals surface area contributed by atoms with Gasteiger partial charge in [0.15, 0.2) is 0 Å². The maximum Gasteiger partial charge on any atom is 0.0541 e. The van der Waals surface area contributed by atoms with Crippen molar-refractivity contribution in [1.82, 2.24) is 4.57 Å². The molecule has 0 N–H and O–H groups in total. The van der Waals surface area contributed by atoms with E-state index in [4.69, 9.17) is 0 Å². The minimum Gasteiger partial charge on any atom is -0.309 e. The van der Waals surface area contributed by atoms with Gasteiger partial charge >= 0.3 is 0 Å². The Bertz CT molecular complexity index is 3240. The van der Waals surface area contributed by atoms with Crippen molar-refractivity contribution < 1.29 is 0 Å². The van der Waals surface area contributed by atoms with Crippen LogP contribution in [0, 0.1) is 0 Å². The highest BCUT2D eigenvalue weighted by atomic mass is 15.1. The van der Waals surface area contributed by atoms with Crippen molar-refractivity contribution in [3.05, 3.63) is 243 Å². The Kier molecular flexibility index (Phi) is 8.87. The van der Waals surface area contributed by atoms with E-state index in [1.165, 1.54) is 82.8 Å². The molecule has 0 bridgehead atoms. The fraction of sp³-hybridized carbons (Fsp3) is 0. The highest BCUT2D eigenvalue weighted by Crippen LogP contribution is 2.46. The Labute approximate surface area is 350 Å². The van der Waals surface area contributed by atoms with Crippen molar-refractivity contribution in [3.63, 3.8) is 0 Å². The molecule has 0 fully saturated rings. The van der Waals surface area contributed by atoms with Gasteiger partial charge in [0.25, 0.3) is 0 Å². The van der Waals surface area contributed by atoms with Crippen LogP contribution >= 0.6 is 0 Å². The predicted octanol–water partition coefficient (Wildman–Crippen LogP) is 16.1. The van der Waals surface area contributed by atoms with Crippen LogP contribution in [0.5, 0.6) is 0 Å². The second-order valence-corrected chi connectivity index (χ2v) is 15.3. The minimum absolute atomic E-state index is 1.09. The highest BCUT2D eigenvalue weighted by molar-refractivity contribution is 6.10. The molecule has 0 aliphatic rings. The number of benzene rings is 10. The molecule has 10 aromatic carbocycles. The summed E-state index contributed by atoms with van der Waals surface area (Å²) in [6, 6.07) is 87.8. The van der Waals surface area contributed by atoms with E-state index in [1.807, 2.05) is 0 Å². The molecular formula is C58H40N2. The minimum atomic E-state index is 1.09. The van der Waals surface area contributed by atoms with Gasteiger partial charge in [0.2, 0.25) is 0 Å². The molecule has 0 atom stereocenters. The number of nitrogens with zero attached hydrogens (tertiary/aromatic N) is 2. The molecule has 282 valence electrons. The summed E-state index contributed by atoms with van der Waals surface area (Å²) < 4.78 is 2.41. The fourth-order valence-corrected chi connectivity index (χ4v) is 9.04. The normalized spacial score (nSPS) is 11.3. The third-order valence-corrected chi connectivity index (χ3v) is 11.8. The van der Waals surface area contributed by atoms with E-state index in [1.54, 1.807) is 0 Å². The van der Waals surface area contributed by atoms with E-state index in [0.29, 0.717) is 0 Å². The zero-order chi connectivity index (χ0) is 39.8. The Morgan fingerprint density at radius 1 is 0.267 bits per heavy atom. The summed E-state index contributed by atoms with van der Waals surface area (Å²) in [4.78, 5) is 2.43. The van der Waals surface area contributed by atoms with Crippen LogP contribution in [-0.2, 0) is 0 Å². The lowest BCUT2D eigenvalue weighted by molar-refractivity contribution is 1.18. The molecule has 0 saturated carbocycles. The Morgan fingerprint density at radius 3 is 1.45 bits per heavy atom. The van der Waals surface area contributed by atoms with E-state index in [0.717, 1.165) is 17.1 Å². The lowest BCUT2D eigenvalue weighted by atomic mass is 9.93. The van der Waals surface area contributed by atoms with Gasteiger partial charge in [-0.1, -0.05) is 200 Å².